The van der Waals surface area contributed by atoms with Crippen molar-refractivity contribution in [2.75, 3.05) is 0 Å². The van der Waals surface area contributed by atoms with Crippen LogP contribution < -0.4 is 5.32 Å². The highest BCUT2D eigenvalue weighted by Crippen LogP contribution is 2.20. The second kappa shape index (κ2) is 5.10. The maximum absolute atomic E-state index is 9.40. The normalized spacial score (nSPS) is 26.8. The van der Waals surface area contributed by atoms with E-state index in [2.05, 4.69) is 23.7 Å². The van der Waals surface area contributed by atoms with E-state index < -0.39 is 0 Å². The number of nitrogens with one attached hydrogen (secondary N) is 1. The molecule has 1 fully saturated rings. The molecule has 0 saturated heterocycles. The molecule has 2 nitrogen and oxygen atoms in total. The molecular formula is C12H19NOS. The van der Waals surface area contributed by atoms with Crippen LogP contribution in [0, 0.1) is 6.92 Å². The second-order valence-electron chi connectivity index (χ2n) is 4.41. The molecule has 0 atom stereocenters. The molecule has 0 aromatic carbocycles. The van der Waals surface area contributed by atoms with E-state index in [4.69, 9.17) is 0 Å². The summed E-state index contributed by atoms with van der Waals surface area (Å²) in [7, 11) is 0. The largest absolute Gasteiger partial charge is 0.393 e. The van der Waals surface area contributed by atoms with Crippen LogP contribution >= 0.6 is 11.3 Å². The zero-order valence-corrected chi connectivity index (χ0v) is 10.0. The fourth-order valence-corrected chi connectivity index (χ4v) is 2.96. The Morgan fingerprint density at radius 1 is 1.40 bits per heavy atom. The molecule has 1 heterocycles. The number of rotatable bonds is 3. The van der Waals surface area contributed by atoms with Crippen LogP contribution in [-0.2, 0) is 6.54 Å². The van der Waals surface area contributed by atoms with Crippen molar-refractivity contribution in [3.63, 3.8) is 0 Å². The second-order valence-corrected chi connectivity index (χ2v) is 5.41. The number of thiophene rings is 1. The maximum Gasteiger partial charge on any atom is 0.0541 e. The minimum atomic E-state index is -0.0495. The van der Waals surface area contributed by atoms with Crippen molar-refractivity contribution in [2.24, 2.45) is 0 Å². The van der Waals surface area contributed by atoms with Crippen molar-refractivity contribution < 1.29 is 5.11 Å². The minimum Gasteiger partial charge on any atom is -0.393 e. The topological polar surface area (TPSA) is 32.3 Å². The van der Waals surface area contributed by atoms with Gasteiger partial charge in [-0.25, -0.2) is 0 Å². The molecule has 0 unspecified atom stereocenters. The highest BCUT2D eigenvalue weighted by molar-refractivity contribution is 7.10. The zero-order valence-electron chi connectivity index (χ0n) is 9.20. The lowest BCUT2D eigenvalue weighted by Gasteiger charge is -2.26. The fraction of sp³-hybridized carbons (Fsp3) is 0.667. The molecule has 0 amide bonds. The van der Waals surface area contributed by atoms with Gasteiger partial charge in [-0.15, -0.1) is 11.3 Å². The number of hydrogen-bond acceptors (Lipinski definition) is 3. The third kappa shape index (κ3) is 3.03. The molecule has 84 valence electrons. The van der Waals surface area contributed by atoms with Gasteiger partial charge in [0.05, 0.1) is 6.10 Å². The SMILES string of the molecule is Cc1ccsc1CNC1CCC(O)CC1. The summed E-state index contributed by atoms with van der Waals surface area (Å²) in [5.74, 6) is 0. The van der Waals surface area contributed by atoms with E-state index in [9.17, 15) is 5.11 Å². The van der Waals surface area contributed by atoms with Gasteiger partial charge < -0.3 is 10.4 Å². The van der Waals surface area contributed by atoms with E-state index in [-0.39, 0.29) is 6.10 Å². The van der Waals surface area contributed by atoms with E-state index in [0.717, 1.165) is 32.2 Å². The quantitative estimate of drug-likeness (QED) is 0.828. The molecule has 0 radical (unpaired) electrons. The van der Waals surface area contributed by atoms with E-state index in [0.29, 0.717) is 6.04 Å². The lowest BCUT2D eigenvalue weighted by Crippen LogP contribution is -2.34. The third-order valence-electron chi connectivity index (χ3n) is 3.22. The van der Waals surface area contributed by atoms with Crippen LogP contribution in [0.15, 0.2) is 11.4 Å². The van der Waals surface area contributed by atoms with Crippen molar-refractivity contribution in [3.05, 3.63) is 21.9 Å². The van der Waals surface area contributed by atoms with Crippen LogP contribution in [0.1, 0.15) is 36.1 Å². The molecule has 1 aromatic heterocycles. The first-order chi connectivity index (χ1) is 7.25. The lowest BCUT2D eigenvalue weighted by atomic mass is 9.93. The summed E-state index contributed by atoms with van der Waals surface area (Å²) in [4.78, 5) is 1.45. The predicted octanol–water partition coefficient (Wildman–Crippen LogP) is 2.45. The lowest BCUT2D eigenvalue weighted by molar-refractivity contribution is 0.116. The van der Waals surface area contributed by atoms with Gasteiger partial charge in [0.2, 0.25) is 0 Å². The van der Waals surface area contributed by atoms with Gasteiger partial charge in [0, 0.05) is 17.5 Å². The Hall–Kier alpha value is -0.380. The van der Waals surface area contributed by atoms with Crippen LogP contribution in [0.2, 0.25) is 0 Å². The van der Waals surface area contributed by atoms with Gasteiger partial charge in [-0.1, -0.05) is 0 Å². The predicted molar refractivity (Wildman–Crippen MR) is 64.2 cm³/mol. The molecule has 1 aliphatic carbocycles. The standard InChI is InChI=1S/C12H19NOS/c1-9-6-7-15-12(9)8-13-10-2-4-11(14)5-3-10/h6-7,10-11,13-14H,2-5,8H2,1H3. The Labute approximate surface area is 95.3 Å². The highest BCUT2D eigenvalue weighted by Gasteiger charge is 2.18. The van der Waals surface area contributed by atoms with Crippen molar-refractivity contribution in [2.45, 2.75) is 51.3 Å². The molecule has 2 N–H and O–H groups in total. The summed E-state index contributed by atoms with van der Waals surface area (Å²) in [5, 5.41) is 15.1. The van der Waals surface area contributed by atoms with Crippen molar-refractivity contribution in [1.82, 2.24) is 5.32 Å². The van der Waals surface area contributed by atoms with Crippen LogP contribution in [0.3, 0.4) is 0 Å². The molecule has 0 spiro atoms. The number of aryl methyl sites for hydroxylation is 1. The van der Waals surface area contributed by atoms with E-state index >= 15 is 0 Å². The van der Waals surface area contributed by atoms with E-state index in [1.807, 2.05) is 11.3 Å². The summed E-state index contributed by atoms with van der Waals surface area (Å²) in [6.45, 7) is 3.16. The zero-order chi connectivity index (χ0) is 10.7. The van der Waals surface area contributed by atoms with Crippen LogP contribution in [0.5, 0.6) is 0 Å². The Bertz CT molecular complexity index is 302. The monoisotopic (exact) mass is 225 g/mol. The summed E-state index contributed by atoms with van der Waals surface area (Å²) < 4.78 is 0. The summed E-state index contributed by atoms with van der Waals surface area (Å²) in [6.07, 6.45) is 4.10. The van der Waals surface area contributed by atoms with E-state index in [1.165, 1.54) is 10.4 Å². The molecule has 2 rings (SSSR count). The molecule has 1 aliphatic rings. The first kappa shape index (κ1) is 11.1. The molecular weight excluding hydrogens is 206 g/mol. The Balaban J connectivity index is 1.77. The number of aliphatic hydroxyl groups is 1. The fourth-order valence-electron chi connectivity index (χ4n) is 2.10. The van der Waals surface area contributed by atoms with Crippen LogP contribution in [0.25, 0.3) is 0 Å². The van der Waals surface area contributed by atoms with E-state index in [1.54, 1.807) is 0 Å². The third-order valence-corrected chi connectivity index (χ3v) is 4.24. The molecule has 15 heavy (non-hydrogen) atoms. The van der Waals surface area contributed by atoms with Crippen molar-refractivity contribution >= 4 is 11.3 Å². The summed E-state index contributed by atoms with van der Waals surface area (Å²) in [5.41, 5.74) is 1.39. The maximum atomic E-state index is 9.40. The number of aliphatic hydroxyl groups excluding tert-OH is 1. The average molecular weight is 225 g/mol. The first-order valence-electron chi connectivity index (χ1n) is 5.70. The minimum absolute atomic E-state index is 0.0495. The van der Waals surface area contributed by atoms with Gasteiger partial charge in [0.1, 0.15) is 0 Å². The average Bonchev–Trinajstić information content (AvgIpc) is 2.63. The van der Waals surface area contributed by atoms with Gasteiger partial charge >= 0.3 is 0 Å². The number of hydrogen-bond donors (Lipinski definition) is 2. The Morgan fingerprint density at radius 3 is 2.73 bits per heavy atom. The molecule has 1 saturated carbocycles. The van der Waals surface area contributed by atoms with Crippen molar-refractivity contribution in [3.8, 4) is 0 Å². The smallest absolute Gasteiger partial charge is 0.0541 e. The van der Waals surface area contributed by atoms with Gasteiger partial charge in [-0.3, -0.25) is 0 Å². The van der Waals surface area contributed by atoms with Crippen LogP contribution in [0.4, 0.5) is 0 Å². The highest BCUT2D eigenvalue weighted by atomic mass is 32.1. The Kier molecular flexibility index (Phi) is 3.78. The van der Waals surface area contributed by atoms with Gasteiger partial charge in [0.25, 0.3) is 0 Å². The van der Waals surface area contributed by atoms with Gasteiger partial charge in [-0.2, -0.15) is 0 Å². The summed E-state index contributed by atoms with van der Waals surface area (Å²) >= 11 is 1.83. The van der Waals surface area contributed by atoms with Gasteiger partial charge in [-0.05, 0) is 49.6 Å². The summed E-state index contributed by atoms with van der Waals surface area (Å²) in [6, 6.07) is 2.78. The first-order valence-corrected chi connectivity index (χ1v) is 6.58. The molecule has 0 bridgehead atoms. The van der Waals surface area contributed by atoms with Crippen molar-refractivity contribution in [1.29, 1.82) is 0 Å². The molecule has 1 aromatic rings. The molecule has 3 heteroatoms. The Morgan fingerprint density at radius 2 is 2.13 bits per heavy atom. The molecule has 0 aliphatic heterocycles. The van der Waals surface area contributed by atoms with Gasteiger partial charge in [0.15, 0.2) is 0 Å². The van der Waals surface area contributed by atoms with Crippen LogP contribution in [-0.4, -0.2) is 17.3 Å².